The van der Waals surface area contributed by atoms with Crippen molar-refractivity contribution < 1.29 is 13.5 Å². The number of nitrogens with one attached hydrogen (secondary N) is 1. The van der Waals surface area contributed by atoms with Crippen molar-refractivity contribution in [1.29, 1.82) is 0 Å². The second-order valence-electron chi connectivity index (χ2n) is 4.40. The van der Waals surface area contributed by atoms with E-state index in [1.807, 2.05) is 24.4 Å². The molecule has 20 heavy (non-hydrogen) atoms. The molecule has 1 atom stereocenters. The Morgan fingerprint density at radius 1 is 1.25 bits per heavy atom. The van der Waals surface area contributed by atoms with Gasteiger partial charge in [-0.15, -0.1) is 11.3 Å². The highest BCUT2D eigenvalue weighted by molar-refractivity contribution is 7.89. The summed E-state index contributed by atoms with van der Waals surface area (Å²) in [6.45, 7) is 1.85. The van der Waals surface area contributed by atoms with Crippen LogP contribution < -0.4 is 4.72 Å². The van der Waals surface area contributed by atoms with E-state index in [0.29, 0.717) is 12.0 Å². The second kappa shape index (κ2) is 6.49. The summed E-state index contributed by atoms with van der Waals surface area (Å²) in [5, 5.41) is 10.9. The molecule has 0 radical (unpaired) electrons. The Kier molecular flexibility index (Phi) is 4.93. The van der Waals surface area contributed by atoms with E-state index >= 15 is 0 Å². The summed E-state index contributed by atoms with van der Waals surface area (Å²) in [6, 6.07) is 9.87. The molecule has 0 bridgehead atoms. The van der Waals surface area contributed by atoms with Gasteiger partial charge in [0, 0.05) is 4.88 Å². The van der Waals surface area contributed by atoms with Gasteiger partial charge in [-0.1, -0.05) is 25.1 Å². The topological polar surface area (TPSA) is 66.4 Å². The summed E-state index contributed by atoms with van der Waals surface area (Å²) in [5.74, 6) is 0. The zero-order valence-electron chi connectivity index (χ0n) is 11.1. The Bertz CT molecular complexity index is 634. The van der Waals surface area contributed by atoms with E-state index in [4.69, 9.17) is 5.11 Å². The SMILES string of the molecule is CCC(NS(=O)(=O)c1ccc(CO)cc1)c1cccs1. The molecule has 0 saturated carbocycles. The number of sulfonamides is 1. The van der Waals surface area contributed by atoms with E-state index in [0.717, 1.165) is 4.88 Å². The Labute approximate surface area is 123 Å². The minimum absolute atomic E-state index is 0.0967. The third kappa shape index (κ3) is 3.46. The smallest absolute Gasteiger partial charge is 0.241 e. The molecular formula is C14H17NO3S2. The van der Waals surface area contributed by atoms with Crippen LogP contribution in [-0.2, 0) is 16.6 Å². The Morgan fingerprint density at radius 2 is 1.95 bits per heavy atom. The van der Waals surface area contributed by atoms with Crippen LogP contribution in [0.1, 0.15) is 29.8 Å². The van der Waals surface area contributed by atoms with Crippen molar-refractivity contribution in [2.75, 3.05) is 0 Å². The first-order valence-electron chi connectivity index (χ1n) is 6.32. The third-order valence-electron chi connectivity index (χ3n) is 3.01. The number of benzene rings is 1. The lowest BCUT2D eigenvalue weighted by atomic mass is 10.2. The zero-order chi connectivity index (χ0) is 14.6. The number of hydrogen-bond acceptors (Lipinski definition) is 4. The van der Waals surface area contributed by atoms with Gasteiger partial charge in [-0.3, -0.25) is 0 Å². The third-order valence-corrected chi connectivity index (χ3v) is 5.48. The standard InChI is InChI=1S/C14H17NO3S2/c1-2-13(14-4-3-9-19-14)15-20(17,18)12-7-5-11(10-16)6-8-12/h3-9,13,15-16H,2,10H2,1H3. The summed E-state index contributed by atoms with van der Waals surface area (Å²) in [5.41, 5.74) is 0.689. The van der Waals surface area contributed by atoms with Crippen LogP contribution in [0.4, 0.5) is 0 Å². The van der Waals surface area contributed by atoms with Crippen molar-refractivity contribution in [2.24, 2.45) is 0 Å². The van der Waals surface area contributed by atoms with Crippen molar-refractivity contribution in [3.8, 4) is 0 Å². The number of aliphatic hydroxyl groups is 1. The molecule has 108 valence electrons. The highest BCUT2D eigenvalue weighted by atomic mass is 32.2. The summed E-state index contributed by atoms with van der Waals surface area (Å²) < 4.78 is 27.4. The van der Waals surface area contributed by atoms with Crippen molar-refractivity contribution in [1.82, 2.24) is 4.72 Å². The van der Waals surface area contributed by atoms with E-state index < -0.39 is 10.0 Å². The van der Waals surface area contributed by atoms with Crippen LogP contribution >= 0.6 is 11.3 Å². The first-order valence-corrected chi connectivity index (χ1v) is 8.68. The molecule has 1 aromatic heterocycles. The van der Waals surface area contributed by atoms with Gasteiger partial charge in [0.25, 0.3) is 0 Å². The maximum Gasteiger partial charge on any atom is 0.241 e. The van der Waals surface area contributed by atoms with Gasteiger partial charge in [0.1, 0.15) is 0 Å². The fraction of sp³-hybridized carbons (Fsp3) is 0.286. The molecule has 0 fully saturated rings. The van der Waals surface area contributed by atoms with Crippen LogP contribution in [0, 0.1) is 0 Å². The number of rotatable bonds is 6. The van der Waals surface area contributed by atoms with Gasteiger partial charge >= 0.3 is 0 Å². The molecule has 0 amide bonds. The van der Waals surface area contributed by atoms with Gasteiger partial charge in [0.05, 0.1) is 17.5 Å². The predicted octanol–water partition coefficient (Wildman–Crippen LogP) is 2.67. The fourth-order valence-corrected chi connectivity index (χ4v) is 4.10. The first-order chi connectivity index (χ1) is 9.56. The molecule has 0 aliphatic carbocycles. The van der Waals surface area contributed by atoms with Gasteiger partial charge in [-0.05, 0) is 35.6 Å². The molecule has 0 aliphatic rings. The first kappa shape index (κ1) is 15.2. The summed E-state index contributed by atoms with van der Waals surface area (Å²) >= 11 is 1.54. The number of hydrogen-bond donors (Lipinski definition) is 2. The molecule has 1 aromatic carbocycles. The molecule has 6 heteroatoms. The van der Waals surface area contributed by atoms with E-state index in [1.165, 1.54) is 23.5 Å². The largest absolute Gasteiger partial charge is 0.392 e. The average molecular weight is 311 g/mol. The molecule has 2 N–H and O–H groups in total. The normalized spacial score (nSPS) is 13.3. The highest BCUT2D eigenvalue weighted by Gasteiger charge is 2.20. The Morgan fingerprint density at radius 3 is 2.45 bits per heavy atom. The number of thiophene rings is 1. The molecule has 2 rings (SSSR count). The van der Waals surface area contributed by atoms with Crippen LogP contribution in [0.2, 0.25) is 0 Å². The van der Waals surface area contributed by atoms with Crippen LogP contribution in [0.5, 0.6) is 0 Å². The highest BCUT2D eigenvalue weighted by Crippen LogP contribution is 2.24. The monoisotopic (exact) mass is 311 g/mol. The van der Waals surface area contributed by atoms with Crippen LogP contribution in [0.15, 0.2) is 46.7 Å². The van der Waals surface area contributed by atoms with E-state index in [2.05, 4.69) is 4.72 Å². The molecule has 4 nitrogen and oxygen atoms in total. The lowest BCUT2D eigenvalue weighted by Crippen LogP contribution is -2.27. The predicted molar refractivity (Wildman–Crippen MR) is 80.0 cm³/mol. The van der Waals surface area contributed by atoms with E-state index in [9.17, 15) is 8.42 Å². The molecular weight excluding hydrogens is 294 g/mol. The Balaban J connectivity index is 2.21. The summed E-state index contributed by atoms with van der Waals surface area (Å²) in [4.78, 5) is 1.22. The zero-order valence-corrected chi connectivity index (χ0v) is 12.7. The van der Waals surface area contributed by atoms with Crippen molar-refractivity contribution in [3.63, 3.8) is 0 Å². The summed E-state index contributed by atoms with van der Waals surface area (Å²) in [6.07, 6.45) is 0.689. The molecule has 0 spiro atoms. The van der Waals surface area contributed by atoms with Gasteiger partial charge in [0.2, 0.25) is 10.0 Å². The van der Waals surface area contributed by atoms with Gasteiger partial charge in [0.15, 0.2) is 0 Å². The van der Waals surface area contributed by atoms with Gasteiger partial charge in [-0.2, -0.15) is 0 Å². The molecule has 1 unspecified atom stereocenters. The van der Waals surface area contributed by atoms with Gasteiger partial charge in [-0.25, -0.2) is 13.1 Å². The van der Waals surface area contributed by atoms with Crippen molar-refractivity contribution in [2.45, 2.75) is 30.9 Å². The van der Waals surface area contributed by atoms with Crippen molar-refractivity contribution >= 4 is 21.4 Å². The fourth-order valence-electron chi connectivity index (χ4n) is 1.86. The second-order valence-corrected chi connectivity index (χ2v) is 7.09. The average Bonchev–Trinajstić information content (AvgIpc) is 2.99. The van der Waals surface area contributed by atoms with Crippen LogP contribution in [-0.4, -0.2) is 13.5 Å². The minimum Gasteiger partial charge on any atom is -0.392 e. The maximum atomic E-state index is 12.3. The Hall–Kier alpha value is -1.21. The van der Waals surface area contributed by atoms with Crippen molar-refractivity contribution in [3.05, 3.63) is 52.2 Å². The van der Waals surface area contributed by atoms with E-state index in [-0.39, 0.29) is 17.5 Å². The van der Waals surface area contributed by atoms with Crippen LogP contribution in [0.3, 0.4) is 0 Å². The minimum atomic E-state index is -3.55. The molecule has 2 aromatic rings. The maximum absolute atomic E-state index is 12.3. The lowest BCUT2D eigenvalue weighted by molar-refractivity contribution is 0.282. The molecule has 0 aliphatic heterocycles. The van der Waals surface area contributed by atoms with Crippen LogP contribution in [0.25, 0.3) is 0 Å². The number of aliphatic hydroxyl groups excluding tert-OH is 1. The van der Waals surface area contributed by atoms with E-state index in [1.54, 1.807) is 12.1 Å². The summed E-state index contributed by atoms with van der Waals surface area (Å²) in [7, 11) is -3.55. The van der Waals surface area contributed by atoms with Gasteiger partial charge < -0.3 is 5.11 Å². The molecule has 1 heterocycles. The lowest BCUT2D eigenvalue weighted by Gasteiger charge is -2.15. The quantitative estimate of drug-likeness (QED) is 0.862. The molecule has 0 saturated heterocycles.